The fourth-order valence-corrected chi connectivity index (χ4v) is 3.83. The zero-order valence-electron chi connectivity index (χ0n) is 10.3. The van der Waals surface area contributed by atoms with Crippen molar-refractivity contribution < 1.29 is 4.74 Å². The van der Waals surface area contributed by atoms with Crippen molar-refractivity contribution in [2.75, 3.05) is 19.7 Å². The van der Waals surface area contributed by atoms with Crippen molar-refractivity contribution in [2.45, 2.75) is 25.5 Å². The fraction of sp³-hybridized carbons (Fsp3) is 0.600. The van der Waals surface area contributed by atoms with Gasteiger partial charge in [-0.05, 0) is 18.9 Å². The van der Waals surface area contributed by atoms with E-state index < -0.39 is 0 Å². The number of nitrogens with zero attached hydrogens (tertiary/aromatic N) is 1. The van der Waals surface area contributed by atoms with E-state index in [9.17, 15) is 0 Å². The van der Waals surface area contributed by atoms with Crippen LogP contribution in [0.3, 0.4) is 0 Å². The smallest absolute Gasteiger partial charge is 0.0655 e. The molecule has 3 fully saturated rings. The van der Waals surface area contributed by atoms with Gasteiger partial charge in [0.05, 0.1) is 12.7 Å². The van der Waals surface area contributed by atoms with Crippen LogP contribution in [0, 0.1) is 11.3 Å². The summed E-state index contributed by atoms with van der Waals surface area (Å²) in [6, 6.07) is 11.4. The first-order valence-corrected chi connectivity index (χ1v) is 6.70. The first-order chi connectivity index (χ1) is 8.29. The summed E-state index contributed by atoms with van der Waals surface area (Å²) < 4.78 is 5.79. The molecule has 4 unspecified atom stereocenters. The lowest BCUT2D eigenvalue weighted by Gasteiger charge is -2.25. The molecule has 17 heavy (non-hydrogen) atoms. The Morgan fingerprint density at radius 1 is 1.35 bits per heavy atom. The van der Waals surface area contributed by atoms with E-state index >= 15 is 0 Å². The highest BCUT2D eigenvalue weighted by Crippen LogP contribution is 2.63. The minimum Gasteiger partial charge on any atom is -0.377 e. The maximum Gasteiger partial charge on any atom is 0.0655 e. The van der Waals surface area contributed by atoms with Gasteiger partial charge in [-0.3, -0.25) is 4.90 Å². The zero-order chi connectivity index (χ0) is 11.5. The normalized spacial score (nSPS) is 41.0. The molecule has 1 aromatic rings. The van der Waals surface area contributed by atoms with E-state index in [1.54, 1.807) is 0 Å². The molecule has 1 spiro atoms. The third-order valence-electron chi connectivity index (χ3n) is 5.14. The Morgan fingerprint density at radius 3 is 2.88 bits per heavy atom. The van der Waals surface area contributed by atoms with Crippen LogP contribution in [0.15, 0.2) is 30.3 Å². The summed E-state index contributed by atoms with van der Waals surface area (Å²) in [6.07, 6.45) is 1.91. The molecule has 0 radical (unpaired) electrons. The zero-order valence-corrected chi connectivity index (χ0v) is 10.3. The maximum atomic E-state index is 5.79. The van der Waals surface area contributed by atoms with Gasteiger partial charge in [-0.1, -0.05) is 30.3 Å². The minimum absolute atomic E-state index is 0.553. The van der Waals surface area contributed by atoms with E-state index in [-0.39, 0.29) is 0 Å². The van der Waals surface area contributed by atoms with Gasteiger partial charge in [0.25, 0.3) is 0 Å². The summed E-state index contributed by atoms with van der Waals surface area (Å²) in [6.45, 7) is 5.82. The second-order valence-corrected chi connectivity index (χ2v) is 5.97. The Labute approximate surface area is 103 Å². The molecule has 2 saturated heterocycles. The number of benzene rings is 1. The summed E-state index contributed by atoms with van der Waals surface area (Å²) >= 11 is 0. The van der Waals surface area contributed by atoms with Crippen molar-refractivity contribution in [1.82, 2.24) is 4.90 Å². The van der Waals surface area contributed by atoms with Gasteiger partial charge < -0.3 is 4.74 Å². The molecule has 0 bridgehead atoms. The topological polar surface area (TPSA) is 12.5 Å². The monoisotopic (exact) mass is 229 g/mol. The molecule has 2 nitrogen and oxygen atoms in total. The maximum absolute atomic E-state index is 5.79. The lowest BCUT2D eigenvalue weighted by molar-refractivity contribution is 0.120. The van der Waals surface area contributed by atoms with Gasteiger partial charge in [0, 0.05) is 30.5 Å². The van der Waals surface area contributed by atoms with Crippen LogP contribution < -0.4 is 0 Å². The average Bonchev–Trinajstić information content (AvgIpc) is 2.78. The van der Waals surface area contributed by atoms with Crippen LogP contribution >= 0.6 is 0 Å². The van der Waals surface area contributed by atoms with E-state index in [0.717, 1.165) is 12.5 Å². The van der Waals surface area contributed by atoms with Crippen LogP contribution in [-0.2, 0) is 4.74 Å². The van der Waals surface area contributed by atoms with Gasteiger partial charge in [-0.2, -0.15) is 0 Å². The second kappa shape index (κ2) is 3.33. The Hall–Kier alpha value is -0.860. The van der Waals surface area contributed by atoms with Crippen molar-refractivity contribution in [1.29, 1.82) is 0 Å². The van der Waals surface area contributed by atoms with E-state index in [4.69, 9.17) is 4.74 Å². The van der Waals surface area contributed by atoms with Crippen LogP contribution in [0.5, 0.6) is 0 Å². The molecule has 2 heteroatoms. The van der Waals surface area contributed by atoms with Gasteiger partial charge in [0.1, 0.15) is 0 Å². The molecule has 0 amide bonds. The van der Waals surface area contributed by atoms with E-state index in [1.807, 2.05) is 0 Å². The van der Waals surface area contributed by atoms with E-state index in [2.05, 4.69) is 42.2 Å². The average molecular weight is 229 g/mol. The van der Waals surface area contributed by atoms with Crippen molar-refractivity contribution in [3.63, 3.8) is 0 Å². The quantitative estimate of drug-likeness (QED) is 0.772. The number of likely N-dealkylation sites (tertiary alicyclic amines) is 1. The van der Waals surface area contributed by atoms with Gasteiger partial charge in [-0.25, -0.2) is 0 Å². The first-order valence-electron chi connectivity index (χ1n) is 6.70. The lowest BCUT2D eigenvalue weighted by atomic mass is 9.95. The van der Waals surface area contributed by atoms with Gasteiger partial charge in [0.2, 0.25) is 0 Å². The van der Waals surface area contributed by atoms with Crippen LogP contribution in [0.1, 0.15) is 24.9 Å². The van der Waals surface area contributed by atoms with Gasteiger partial charge in [-0.15, -0.1) is 0 Å². The molecular weight excluding hydrogens is 210 g/mol. The van der Waals surface area contributed by atoms with Crippen LogP contribution in [-0.4, -0.2) is 30.7 Å². The summed E-state index contributed by atoms with van der Waals surface area (Å²) in [5.74, 6) is 0.804. The fourth-order valence-electron chi connectivity index (χ4n) is 3.83. The predicted molar refractivity (Wildman–Crippen MR) is 66.7 cm³/mol. The molecule has 4 atom stereocenters. The van der Waals surface area contributed by atoms with Gasteiger partial charge >= 0.3 is 0 Å². The highest BCUT2D eigenvalue weighted by Gasteiger charge is 2.68. The molecule has 0 N–H and O–H groups in total. The Kier molecular flexibility index (Phi) is 1.98. The second-order valence-electron chi connectivity index (χ2n) is 5.97. The minimum atomic E-state index is 0.553. The van der Waals surface area contributed by atoms with Crippen LogP contribution in [0.4, 0.5) is 0 Å². The molecule has 1 saturated carbocycles. The number of ether oxygens (including phenoxy) is 1. The van der Waals surface area contributed by atoms with Crippen LogP contribution in [0.25, 0.3) is 0 Å². The van der Waals surface area contributed by atoms with Crippen molar-refractivity contribution in [3.8, 4) is 0 Å². The largest absolute Gasteiger partial charge is 0.377 e. The van der Waals surface area contributed by atoms with Crippen molar-refractivity contribution in [3.05, 3.63) is 35.9 Å². The summed E-state index contributed by atoms with van der Waals surface area (Å²) in [4.78, 5) is 2.66. The predicted octanol–water partition coefficient (Wildman–Crippen LogP) is 2.47. The molecule has 3 aliphatic rings. The molecule has 1 aliphatic carbocycles. The third kappa shape index (κ3) is 1.34. The summed E-state index contributed by atoms with van der Waals surface area (Å²) in [5, 5.41) is 0. The molecule has 2 heterocycles. The van der Waals surface area contributed by atoms with Gasteiger partial charge in [0.15, 0.2) is 0 Å². The highest BCUT2D eigenvalue weighted by atomic mass is 16.5. The van der Waals surface area contributed by atoms with Crippen molar-refractivity contribution in [2.24, 2.45) is 11.3 Å². The molecule has 90 valence electrons. The Balaban J connectivity index is 1.54. The molecule has 1 aromatic carbocycles. The summed E-state index contributed by atoms with van der Waals surface area (Å²) in [7, 11) is 0. The van der Waals surface area contributed by atoms with Crippen molar-refractivity contribution >= 4 is 0 Å². The van der Waals surface area contributed by atoms with E-state index in [1.165, 1.54) is 25.1 Å². The van der Waals surface area contributed by atoms with E-state index in [0.29, 0.717) is 17.6 Å². The number of rotatable bonds is 2. The Bertz CT molecular complexity index is 432. The van der Waals surface area contributed by atoms with Crippen LogP contribution in [0.2, 0.25) is 0 Å². The SMILES string of the molecule is CC(c1ccccc1)N1CC2COC3CC23C1. The Morgan fingerprint density at radius 2 is 2.18 bits per heavy atom. The molecular formula is C15H19NO. The third-order valence-corrected chi connectivity index (χ3v) is 5.14. The molecule has 0 aromatic heterocycles. The number of hydrogen-bond donors (Lipinski definition) is 0. The number of hydrogen-bond acceptors (Lipinski definition) is 2. The summed E-state index contributed by atoms with van der Waals surface area (Å²) in [5.41, 5.74) is 2.00. The lowest BCUT2D eigenvalue weighted by Crippen LogP contribution is -2.26. The highest BCUT2D eigenvalue weighted by molar-refractivity contribution is 5.22. The molecule has 4 rings (SSSR count). The first kappa shape index (κ1) is 10.1. The standard InChI is InChI=1S/C15H19NO/c1-11(12-5-3-2-4-6-12)16-8-13-9-17-14-7-15(13,14)10-16/h2-6,11,13-14H,7-10H2,1H3. The molecule has 2 aliphatic heterocycles.